The van der Waals surface area contributed by atoms with E-state index < -0.39 is 30.4 Å². The number of amides is 2. The maximum atomic E-state index is 12.3. The number of hydrogen-bond acceptors (Lipinski definition) is 5. The van der Waals surface area contributed by atoms with Gasteiger partial charge in [0.15, 0.2) is 12.4 Å². The van der Waals surface area contributed by atoms with E-state index in [-0.39, 0.29) is 11.7 Å². The number of anilines is 1. The minimum Gasteiger partial charge on any atom is -0.459 e. The lowest BCUT2D eigenvalue weighted by Gasteiger charge is -2.20. The average molecular weight is 372 g/mol. The zero-order valence-corrected chi connectivity index (χ0v) is 15.9. The van der Waals surface area contributed by atoms with E-state index in [4.69, 9.17) is 9.15 Å². The van der Waals surface area contributed by atoms with Gasteiger partial charge < -0.3 is 19.8 Å². The lowest BCUT2D eigenvalue weighted by molar-refractivity contribution is -0.150. The van der Waals surface area contributed by atoms with E-state index in [2.05, 4.69) is 10.6 Å². The van der Waals surface area contributed by atoms with Crippen molar-refractivity contribution in [1.29, 1.82) is 0 Å². The van der Waals surface area contributed by atoms with E-state index in [0.717, 1.165) is 11.1 Å². The average Bonchev–Trinajstić information content (AvgIpc) is 3.10. The van der Waals surface area contributed by atoms with E-state index in [1.54, 1.807) is 19.9 Å². The monoisotopic (exact) mass is 372 g/mol. The molecule has 1 atom stereocenters. The molecule has 1 aromatic heterocycles. The van der Waals surface area contributed by atoms with E-state index in [9.17, 15) is 14.4 Å². The zero-order chi connectivity index (χ0) is 20.0. The van der Waals surface area contributed by atoms with E-state index >= 15 is 0 Å². The molecule has 0 saturated carbocycles. The van der Waals surface area contributed by atoms with Crippen LogP contribution in [0.3, 0.4) is 0 Å². The van der Waals surface area contributed by atoms with Gasteiger partial charge in [-0.05, 0) is 55.2 Å². The molecule has 1 aromatic carbocycles. The minimum absolute atomic E-state index is 0.0982. The third-order valence-corrected chi connectivity index (χ3v) is 3.80. The van der Waals surface area contributed by atoms with Crippen LogP contribution < -0.4 is 10.6 Å². The highest BCUT2D eigenvalue weighted by Gasteiger charge is 2.27. The molecule has 0 aliphatic heterocycles. The van der Waals surface area contributed by atoms with Crippen LogP contribution in [0.25, 0.3) is 0 Å². The van der Waals surface area contributed by atoms with Crippen LogP contribution in [0.4, 0.5) is 5.69 Å². The molecule has 0 aliphatic carbocycles. The fourth-order valence-corrected chi connectivity index (χ4v) is 2.59. The summed E-state index contributed by atoms with van der Waals surface area (Å²) in [5.41, 5.74) is 2.67. The first-order chi connectivity index (χ1) is 12.8. The van der Waals surface area contributed by atoms with Gasteiger partial charge in [0.2, 0.25) is 0 Å². The maximum absolute atomic E-state index is 12.3. The molecule has 2 N–H and O–H groups in total. The summed E-state index contributed by atoms with van der Waals surface area (Å²) < 4.78 is 10.1. The van der Waals surface area contributed by atoms with Gasteiger partial charge in [0.25, 0.3) is 11.8 Å². The van der Waals surface area contributed by atoms with Gasteiger partial charge in [-0.25, -0.2) is 4.79 Å². The first kappa shape index (κ1) is 20.2. The number of carbonyl (C=O) groups excluding carboxylic acids is 3. The third kappa shape index (κ3) is 5.99. The van der Waals surface area contributed by atoms with Gasteiger partial charge in [0, 0.05) is 5.69 Å². The van der Waals surface area contributed by atoms with Crippen LogP contribution in [-0.4, -0.2) is 30.4 Å². The van der Waals surface area contributed by atoms with E-state index in [0.29, 0.717) is 5.69 Å². The van der Waals surface area contributed by atoms with Gasteiger partial charge in [-0.2, -0.15) is 0 Å². The van der Waals surface area contributed by atoms with Gasteiger partial charge in [-0.3, -0.25) is 9.59 Å². The van der Waals surface area contributed by atoms with Crippen molar-refractivity contribution in [2.45, 2.75) is 33.7 Å². The first-order valence-corrected chi connectivity index (χ1v) is 8.65. The smallest absolute Gasteiger partial charge is 0.329 e. The number of carbonyl (C=O) groups is 3. The molecule has 0 saturated heterocycles. The van der Waals surface area contributed by atoms with Crippen LogP contribution in [0.1, 0.15) is 35.5 Å². The number of aryl methyl sites for hydroxylation is 2. The maximum Gasteiger partial charge on any atom is 0.329 e. The lowest BCUT2D eigenvalue weighted by Crippen LogP contribution is -2.45. The molecule has 144 valence electrons. The molecule has 0 aliphatic rings. The second-order valence-electron chi connectivity index (χ2n) is 6.70. The Balaban J connectivity index is 1.91. The highest BCUT2D eigenvalue weighted by molar-refractivity contribution is 5.96. The molecule has 2 aromatic rings. The summed E-state index contributed by atoms with van der Waals surface area (Å²) in [6.45, 7) is 6.95. The Labute approximate surface area is 158 Å². The number of hydrogen-bond donors (Lipinski definition) is 2. The quantitative estimate of drug-likeness (QED) is 0.729. The van der Waals surface area contributed by atoms with Crippen LogP contribution in [0.5, 0.6) is 0 Å². The number of ether oxygens (including phenoxy) is 1. The molecular weight excluding hydrogens is 348 g/mol. The Kier molecular flexibility index (Phi) is 6.76. The van der Waals surface area contributed by atoms with Crippen LogP contribution in [0, 0.1) is 19.8 Å². The Morgan fingerprint density at radius 2 is 1.78 bits per heavy atom. The summed E-state index contributed by atoms with van der Waals surface area (Å²) in [5.74, 6) is -1.77. The van der Waals surface area contributed by atoms with Crippen LogP contribution in [0.15, 0.2) is 41.0 Å². The van der Waals surface area contributed by atoms with Crippen LogP contribution in [0.2, 0.25) is 0 Å². The Bertz CT molecular complexity index is 792. The molecule has 0 fully saturated rings. The molecule has 2 amide bonds. The largest absolute Gasteiger partial charge is 0.459 e. The normalized spacial score (nSPS) is 11.7. The van der Waals surface area contributed by atoms with Gasteiger partial charge in [0.1, 0.15) is 6.04 Å². The second-order valence-corrected chi connectivity index (χ2v) is 6.70. The summed E-state index contributed by atoms with van der Waals surface area (Å²) in [4.78, 5) is 36.4. The van der Waals surface area contributed by atoms with Crippen molar-refractivity contribution in [2.24, 2.45) is 5.92 Å². The van der Waals surface area contributed by atoms with Crippen LogP contribution >= 0.6 is 0 Å². The molecule has 1 heterocycles. The topological polar surface area (TPSA) is 97.6 Å². The second kappa shape index (κ2) is 9.02. The SMILES string of the molecule is Cc1cc(C)cc(NC(=O)COC(=O)[C@H](NC(=O)c2ccco2)C(C)C)c1. The number of rotatable bonds is 7. The number of esters is 1. The summed E-state index contributed by atoms with van der Waals surface area (Å²) in [5, 5.41) is 5.26. The number of nitrogens with one attached hydrogen (secondary N) is 2. The van der Waals surface area contributed by atoms with Gasteiger partial charge in [-0.1, -0.05) is 19.9 Å². The highest BCUT2D eigenvalue weighted by Crippen LogP contribution is 2.14. The van der Waals surface area contributed by atoms with Gasteiger partial charge in [0.05, 0.1) is 6.26 Å². The standard InChI is InChI=1S/C20H24N2O5/c1-12(2)18(22-19(24)16-6-5-7-26-16)20(25)27-11-17(23)21-15-9-13(3)8-14(4)10-15/h5-10,12,18H,11H2,1-4H3,(H,21,23)(H,22,24)/t18-/m1/s1. The molecule has 0 bridgehead atoms. The van der Waals surface area contributed by atoms with Crippen molar-refractivity contribution < 1.29 is 23.5 Å². The summed E-state index contributed by atoms with van der Waals surface area (Å²) in [7, 11) is 0. The number of benzene rings is 1. The number of furan rings is 1. The summed E-state index contributed by atoms with van der Waals surface area (Å²) in [6, 6.07) is 7.83. The van der Waals surface area contributed by atoms with Crippen molar-refractivity contribution >= 4 is 23.5 Å². The molecule has 7 nitrogen and oxygen atoms in total. The van der Waals surface area contributed by atoms with E-state index in [1.165, 1.54) is 12.3 Å². The molecule has 0 spiro atoms. The van der Waals surface area contributed by atoms with Crippen molar-refractivity contribution in [3.05, 3.63) is 53.5 Å². The Morgan fingerprint density at radius 3 is 2.33 bits per heavy atom. The van der Waals surface area contributed by atoms with Crippen LogP contribution in [-0.2, 0) is 14.3 Å². The molecule has 0 radical (unpaired) electrons. The molecule has 0 unspecified atom stereocenters. The van der Waals surface area contributed by atoms with Crippen molar-refractivity contribution in [2.75, 3.05) is 11.9 Å². The van der Waals surface area contributed by atoms with Crippen molar-refractivity contribution in [3.8, 4) is 0 Å². The minimum atomic E-state index is -0.892. The first-order valence-electron chi connectivity index (χ1n) is 8.65. The van der Waals surface area contributed by atoms with Crippen molar-refractivity contribution in [3.63, 3.8) is 0 Å². The fraction of sp³-hybridized carbons (Fsp3) is 0.350. The molecule has 7 heteroatoms. The molecule has 27 heavy (non-hydrogen) atoms. The Morgan fingerprint density at radius 1 is 1.11 bits per heavy atom. The third-order valence-electron chi connectivity index (χ3n) is 3.80. The zero-order valence-electron chi connectivity index (χ0n) is 15.9. The highest BCUT2D eigenvalue weighted by atomic mass is 16.5. The van der Waals surface area contributed by atoms with Crippen molar-refractivity contribution in [1.82, 2.24) is 5.32 Å². The lowest BCUT2D eigenvalue weighted by atomic mass is 10.0. The molecule has 2 rings (SSSR count). The van der Waals surface area contributed by atoms with Gasteiger partial charge >= 0.3 is 5.97 Å². The fourth-order valence-electron chi connectivity index (χ4n) is 2.59. The Hall–Kier alpha value is -3.09. The van der Waals surface area contributed by atoms with Gasteiger partial charge in [-0.15, -0.1) is 0 Å². The molecular formula is C20H24N2O5. The predicted octanol–water partition coefficient (Wildman–Crippen LogP) is 2.83. The summed E-state index contributed by atoms with van der Waals surface area (Å²) >= 11 is 0. The predicted molar refractivity (Wildman–Crippen MR) is 100 cm³/mol. The summed E-state index contributed by atoms with van der Waals surface area (Å²) in [6.07, 6.45) is 1.37. The van der Waals surface area contributed by atoms with E-state index in [1.807, 2.05) is 32.0 Å².